The first kappa shape index (κ1) is 44.2. The van der Waals surface area contributed by atoms with Crippen LogP contribution in [0.5, 0.6) is 0 Å². The first-order chi connectivity index (χ1) is 32.4. The topological polar surface area (TPSA) is 172 Å². The number of anilines is 3. The minimum Gasteiger partial charge on any atom is -0.381 e. The molecule has 4 fully saturated rings. The number of fused-ring (bicyclic) bond motifs is 2. The molecule has 15 nitrogen and oxygen atoms in total. The van der Waals surface area contributed by atoms with Gasteiger partial charge in [0.25, 0.3) is 17.7 Å². The van der Waals surface area contributed by atoms with Gasteiger partial charge in [-0.2, -0.15) is 5.10 Å². The monoisotopic (exact) mass is 917 g/mol. The Morgan fingerprint density at radius 2 is 1.54 bits per heavy atom. The van der Waals surface area contributed by atoms with Crippen molar-refractivity contribution in [2.75, 3.05) is 68.0 Å². The predicted molar refractivity (Wildman–Crippen MR) is 242 cm³/mol. The fraction of sp³-hybridized carbons (Fsp3) is 0.388. The number of carbonyl (C=O) groups is 5. The number of carbonyl (C=O) groups excluding carboxylic acids is 5. The number of aromatic amines is 1. The number of halogens is 3. The highest BCUT2D eigenvalue weighted by molar-refractivity contribution is 6.23. The molecule has 0 aliphatic carbocycles. The van der Waals surface area contributed by atoms with Gasteiger partial charge >= 0.3 is 0 Å². The molecule has 18 heteroatoms. The molecule has 5 amide bonds. The van der Waals surface area contributed by atoms with E-state index in [1.54, 1.807) is 6.07 Å². The lowest BCUT2D eigenvalue weighted by Crippen LogP contribution is -2.54. The highest BCUT2D eigenvalue weighted by atomic mass is 19.1. The van der Waals surface area contributed by atoms with Crippen LogP contribution in [0, 0.1) is 17.5 Å². The van der Waals surface area contributed by atoms with Crippen LogP contribution in [0.25, 0.3) is 10.9 Å². The Kier molecular flexibility index (Phi) is 12.3. The second kappa shape index (κ2) is 18.6. The molecule has 1 unspecified atom stereocenters. The normalized spacial score (nSPS) is 20.1. The lowest BCUT2D eigenvalue weighted by molar-refractivity contribution is -0.136. The molecule has 0 radical (unpaired) electrons. The molecule has 5 aromatic rings. The summed E-state index contributed by atoms with van der Waals surface area (Å²) in [5.74, 6) is -4.85. The Morgan fingerprint density at radius 1 is 0.776 bits per heavy atom. The van der Waals surface area contributed by atoms with E-state index >= 15 is 4.39 Å². The molecular formula is C49H50F3N9O6. The number of hydrogen-bond donors (Lipinski definition) is 4. The zero-order valence-electron chi connectivity index (χ0n) is 36.7. The van der Waals surface area contributed by atoms with E-state index in [2.05, 4.69) is 46.9 Å². The maximum atomic E-state index is 15.4. The van der Waals surface area contributed by atoms with E-state index in [0.717, 1.165) is 92.9 Å². The van der Waals surface area contributed by atoms with Crippen LogP contribution in [0.15, 0.2) is 66.7 Å². The number of piperazine rings is 1. The van der Waals surface area contributed by atoms with E-state index in [0.29, 0.717) is 65.6 Å². The van der Waals surface area contributed by atoms with Crippen LogP contribution >= 0.6 is 0 Å². The minimum absolute atomic E-state index is 0.00151. The van der Waals surface area contributed by atoms with Crippen molar-refractivity contribution in [1.82, 2.24) is 30.2 Å². The molecule has 5 aliphatic heterocycles. The van der Waals surface area contributed by atoms with Gasteiger partial charge < -0.3 is 20.3 Å². The third-order valence-electron chi connectivity index (χ3n) is 13.7. The van der Waals surface area contributed by atoms with E-state index in [4.69, 9.17) is 4.74 Å². The third-order valence-corrected chi connectivity index (χ3v) is 13.7. The van der Waals surface area contributed by atoms with Gasteiger partial charge in [-0.1, -0.05) is 6.07 Å². The molecule has 348 valence electrons. The van der Waals surface area contributed by atoms with E-state index < -0.39 is 47.1 Å². The number of amides is 5. The van der Waals surface area contributed by atoms with Gasteiger partial charge in [-0.15, -0.1) is 0 Å². The van der Waals surface area contributed by atoms with Crippen LogP contribution in [-0.2, 0) is 27.3 Å². The van der Waals surface area contributed by atoms with Gasteiger partial charge in [-0.3, -0.25) is 49.1 Å². The number of nitrogens with one attached hydrogen (secondary N) is 4. The molecule has 1 aromatic heterocycles. The van der Waals surface area contributed by atoms with Crippen LogP contribution < -0.4 is 20.9 Å². The van der Waals surface area contributed by atoms with Crippen molar-refractivity contribution in [2.45, 2.75) is 69.6 Å². The smallest absolute Gasteiger partial charge is 0.265 e. The number of likely N-dealkylation sites (tertiary alicyclic amines) is 1. The standard InChI is InChI=1S/C49H50F3N9O6/c50-31-20-29(21-32(51)25-31)19-28-1-4-40-37(22-28)45(57-56-40)55-46(63)36-3-2-35(26-41(36)53-33-9-17-67-18-10-33)60-15-13-59(14-16-60)34-7-11-58(12-8-34)27-30-23-38-44(39(52)24-30)49(66)61(48(38)65)42-5-6-43(62)54-47(42)64/h1-4,20-26,33-34,42,53H,5-19,27H2,(H,54,62,64)(H2,55,56,57,63). The van der Waals surface area contributed by atoms with Crippen molar-refractivity contribution in [3.05, 3.63) is 118 Å². The zero-order valence-corrected chi connectivity index (χ0v) is 36.7. The maximum Gasteiger partial charge on any atom is 0.265 e. The number of benzene rings is 4. The van der Waals surface area contributed by atoms with E-state index in [9.17, 15) is 32.8 Å². The largest absolute Gasteiger partial charge is 0.381 e. The summed E-state index contributed by atoms with van der Waals surface area (Å²) in [6, 6.07) is 17.1. The number of rotatable bonds is 11. The number of piperidine rings is 2. The molecule has 5 aliphatic rings. The SMILES string of the molecule is O=C1CCC(N2C(=O)c3cc(CN4CCC(N5CCN(c6ccc(C(=O)Nc7n[nH]c8ccc(Cc9cc(F)cc(F)c9)cc78)c(NC7CCOCC7)c6)CC5)CC4)cc(F)c3C2=O)C(=O)N1. The summed E-state index contributed by atoms with van der Waals surface area (Å²) in [4.78, 5) is 72.6. The van der Waals surface area contributed by atoms with Crippen LogP contribution in [0.3, 0.4) is 0 Å². The van der Waals surface area contributed by atoms with Crippen LogP contribution in [-0.4, -0.2) is 125 Å². The molecule has 0 bridgehead atoms. The maximum absolute atomic E-state index is 15.4. The summed E-state index contributed by atoms with van der Waals surface area (Å²) < 4.78 is 48.9. The lowest BCUT2D eigenvalue weighted by atomic mass is 10.00. The number of ether oxygens (including phenoxy) is 1. The molecule has 4 saturated heterocycles. The summed E-state index contributed by atoms with van der Waals surface area (Å²) in [5.41, 5.74) is 4.39. The highest BCUT2D eigenvalue weighted by Gasteiger charge is 2.46. The molecule has 10 rings (SSSR count). The van der Waals surface area contributed by atoms with Gasteiger partial charge in [0.2, 0.25) is 11.8 Å². The van der Waals surface area contributed by atoms with Gasteiger partial charge in [-0.05, 0) is 123 Å². The number of aromatic nitrogens is 2. The Morgan fingerprint density at radius 3 is 2.28 bits per heavy atom. The molecule has 0 saturated carbocycles. The molecule has 4 aromatic carbocycles. The first-order valence-corrected chi connectivity index (χ1v) is 22.9. The Labute approximate surface area is 384 Å². The summed E-state index contributed by atoms with van der Waals surface area (Å²) in [6.45, 7) is 6.51. The summed E-state index contributed by atoms with van der Waals surface area (Å²) in [7, 11) is 0. The Hall–Kier alpha value is -6.63. The number of imide groups is 2. The van der Waals surface area contributed by atoms with E-state index in [-0.39, 0.29) is 35.9 Å². The zero-order chi connectivity index (χ0) is 46.3. The fourth-order valence-electron chi connectivity index (χ4n) is 10.2. The fourth-order valence-corrected chi connectivity index (χ4v) is 10.2. The predicted octanol–water partition coefficient (Wildman–Crippen LogP) is 5.60. The molecular weight excluding hydrogens is 868 g/mol. The van der Waals surface area contributed by atoms with Crippen LogP contribution in [0.4, 0.5) is 30.4 Å². The second-order valence-corrected chi connectivity index (χ2v) is 18.1. The molecule has 6 heterocycles. The molecule has 0 spiro atoms. The summed E-state index contributed by atoms with van der Waals surface area (Å²) >= 11 is 0. The first-order valence-electron chi connectivity index (χ1n) is 22.9. The summed E-state index contributed by atoms with van der Waals surface area (Å²) in [6.07, 6.45) is 3.72. The van der Waals surface area contributed by atoms with Gasteiger partial charge in [0.15, 0.2) is 5.82 Å². The average Bonchev–Trinajstić information content (AvgIpc) is 3.82. The number of H-pyrrole nitrogens is 1. The van der Waals surface area contributed by atoms with Crippen molar-refractivity contribution in [2.24, 2.45) is 0 Å². The minimum atomic E-state index is -1.16. The van der Waals surface area contributed by atoms with Gasteiger partial charge in [0, 0.05) is 87.3 Å². The number of nitrogens with zero attached hydrogens (tertiary/aromatic N) is 5. The molecule has 1 atom stereocenters. The second-order valence-electron chi connectivity index (χ2n) is 18.1. The van der Waals surface area contributed by atoms with Crippen LogP contribution in [0.1, 0.15) is 86.3 Å². The Balaban J connectivity index is 0.764. The average molecular weight is 918 g/mol. The van der Waals surface area contributed by atoms with E-state index in [1.165, 1.54) is 18.2 Å². The Bertz CT molecular complexity index is 2760. The van der Waals surface area contributed by atoms with Crippen molar-refractivity contribution in [3.63, 3.8) is 0 Å². The highest BCUT2D eigenvalue weighted by Crippen LogP contribution is 2.33. The molecule has 67 heavy (non-hydrogen) atoms. The summed E-state index contributed by atoms with van der Waals surface area (Å²) in [5, 5.41) is 16.9. The number of hydrogen-bond acceptors (Lipinski definition) is 11. The van der Waals surface area contributed by atoms with Gasteiger partial charge in [0.1, 0.15) is 23.5 Å². The van der Waals surface area contributed by atoms with Crippen LogP contribution in [0.2, 0.25) is 0 Å². The van der Waals surface area contributed by atoms with Crippen molar-refractivity contribution in [1.29, 1.82) is 0 Å². The van der Waals surface area contributed by atoms with E-state index in [1.807, 2.05) is 30.3 Å². The van der Waals surface area contributed by atoms with Crippen molar-refractivity contribution in [3.8, 4) is 0 Å². The van der Waals surface area contributed by atoms with Crippen molar-refractivity contribution >= 4 is 57.6 Å². The quantitative estimate of drug-likeness (QED) is 0.122. The van der Waals surface area contributed by atoms with Crippen molar-refractivity contribution < 1.29 is 41.9 Å². The third kappa shape index (κ3) is 9.25. The van der Waals surface area contributed by atoms with Gasteiger partial charge in [-0.25, -0.2) is 13.2 Å². The molecule has 4 N–H and O–H groups in total. The van der Waals surface area contributed by atoms with Gasteiger partial charge in [0.05, 0.1) is 22.2 Å². The lowest BCUT2D eigenvalue weighted by Gasteiger charge is -2.43.